The van der Waals surface area contributed by atoms with Gasteiger partial charge in [0.1, 0.15) is 17.1 Å². The normalized spacial score (nSPS) is 14.4. The van der Waals surface area contributed by atoms with Crippen molar-refractivity contribution < 1.29 is 14.6 Å². The molecular formula is C14H23NO3. The standard InChI is InChI=1S/C14H23NO3/c1-10(2)15-9-14(3,16)12-8-11(17-4)6-7-13(12)18-5/h6-8,10,15-16H,9H2,1-5H3. The first-order valence-corrected chi connectivity index (χ1v) is 6.09. The first kappa shape index (κ1) is 14.8. The molecule has 0 aliphatic carbocycles. The third-order valence-electron chi connectivity index (χ3n) is 2.84. The number of ether oxygens (including phenoxy) is 2. The molecule has 1 aromatic rings. The molecule has 1 unspecified atom stereocenters. The minimum atomic E-state index is -1.01. The van der Waals surface area contributed by atoms with Gasteiger partial charge in [-0.2, -0.15) is 0 Å². The van der Waals surface area contributed by atoms with Crippen molar-refractivity contribution in [1.82, 2.24) is 5.32 Å². The molecule has 0 aliphatic heterocycles. The van der Waals surface area contributed by atoms with Gasteiger partial charge in [-0.25, -0.2) is 0 Å². The molecule has 0 saturated heterocycles. The lowest BCUT2D eigenvalue weighted by Gasteiger charge is -2.27. The Morgan fingerprint density at radius 1 is 1.28 bits per heavy atom. The van der Waals surface area contributed by atoms with E-state index >= 15 is 0 Å². The summed E-state index contributed by atoms with van der Waals surface area (Å²) in [6.07, 6.45) is 0. The van der Waals surface area contributed by atoms with E-state index in [1.807, 2.05) is 19.9 Å². The quantitative estimate of drug-likeness (QED) is 0.813. The second kappa shape index (κ2) is 6.07. The van der Waals surface area contributed by atoms with Gasteiger partial charge >= 0.3 is 0 Å². The fraction of sp³-hybridized carbons (Fsp3) is 0.571. The maximum atomic E-state index is 10.6. The fourth-order valence-corrected chi connectivity index (χ4v) is 1.73. The molecule has 0 spiro atoms. The highest BCUT2D eigenvalue weighted by Gasteiger charge is 2.27. The molecule has 18 heavy (non-hydrogen) atoms. The summed E-state index contributed by atoms with van der Waals surface area (Å²) in [6.45, 7) is 6.30. The van der Waals surface area contributed by atoms with Gasteiger partial charge < -0.3 is 19.9 Å². The predicted molar refractivity (Wildman–Crippen MR) is 72.3 cm³/mol. The van der Waals surface area contributed by atoms with E-state index in [0.717, 1.165) is 5.56 Å². The average Bonchev–Trinajstić information content (AvgIpc) is 2.35. The summed E-state index contributed by atoms with van der Waals surface area (Å²) >= 11 is 0. The summed E-state index contributed by atoms with van der Waals surface area (Å²) in [5, 5.41) is 13.8. The summed E-state index contributed by atoms with van der Waals surface area (Å²) in [5.41, 5.74) is -0.290. The fourth-order valence-electron chi connectivity index (χ4n) is 1.73. The van der Waals surface area contributed by atoms with Crippen LogP contribution in [-0.2, 0) is 5.60 Å². The number of rotatable bonds is 6. The van der Waals surface area contributed by atoms with E-state index in [1.54, 1.807) is 33.3 Å². The smallest absolute Gasteiger partial charge is 0.125 e. The molecule has 2 N–H and O–H groups in total. The maximum Gasteiger partial charge on any atom is 0.125 e. The van der Waals surface area contributed by atoms with E-state index in [9.17, 15) is 5.11 Å². The number of hydrogen-bond donors (Lipinski definition) is 2. The van der Waals surface area contributed by atoms with Gasteiger partial charge in [0.15, 0.2) is 0 Å². The van der Waals surface area contributed by atoms with Crippen LogP contribution in [0.5, 0.6) is 11.5 Å². The number of nitrogens with one attached hydrogen (secondary N) is 1. The molecule has 0 heterocycles. The van der Waals surface area contributed by atoms with Crippen molar-refractivity contribution in [3.05, 3.63) is 23.8 Å². The van der Waals surface area contributed by atoms with Crippen molar-refractivity contribution in [3.63, 3.8) is 0 Å². The van der Waals surface area contributed by atoms with Crippen LogP contribution >= 0.6 is 0 Å². The number of hydrogen-bond acceptors (Lipinski definition) is 4. The monoisotopic (exact) mass is 253 g/mol. The van der Waals surface area contributed by atoms with Crippen LogP contribution in [0.3, 0.4) is 0 Å². The van der Waals surface area contributed by atoms with E-state index in [4.69, 9.17) is 9.47 Å². The summed E-state index contributed by atoms with van der Waals surface area (Å²) in [5.74, 6) is 1.36. The van der Waals surface area contributed by atoms with Crippen LogP contribution in [0, 0.1) is 0 Å². The lowest BCUT2D eigenvalue weighted by Crippen LogP contribution is -2.38. The molecular weight excluding hydrogens is 230 g/mol. The van der Waals surface area contributed by atoms with Gasteiger partial charge in [0.2, 0.25) is 0 Å². The lowest BCUT2D eigenvalue weighted by atomic mass is 9.94. The Morgan fingerprint density at radius 2 is 1.94 bits per heavy atom. The zero-order valence-electron chi connectivity index (χ0n) is 11.8. The molecule has 4 nitrogen and oxygen atoms in total. The largest absolute Gasteiger partial charge is 0.497 e. The van der Waals surface area contributed by atoms with Crippen molar-refractivity contribution in [2.45, 2.75) is 32.4 Å². The van der Waals surface area contributed by atoms with Gasteiger partial charge in [-0.1, -0.05) is 13.8 Å². The molecule has 1 atom stereocenters. The van der Waals surface area contributed by atoms with Crippen LogP contribution in [0.4, 0.5) is 0 Å². The molecule has 0 radical (unpaired) electrons. The zero-order chi connectivity index (χ0) is 13.8. The molecule has 0 amide bonds. The molecule has 1 aromatic carbocycles. The SMILES string of the molecule is COc1ccc(OC)c(C(C)(O)CNC(C)C)c1. The van der Waals surface area contributed by atoms with Crippen LogP contribution in [-0.4, -0.2) is 31.9 Å². The zero-order valence-corrected chi connectivity index (χ0v) is 11.8. The highest BCUT2D eigenvalue weighted by molar-refractivity contribution is 5.43. The van der Waals surface area contributed by atoms with Gasteiger partial charge in [0, 0.05) is 18.2 Å². The van der Waals surface area contributed by atoms with Crippen molar-refractivity contribution in [2.75, 3.05) is 20.8 Å². The van der Waals surface area contributed by atoms with Crippen LogP contribution in [0.1, 0.15) is 26.3 Å². The minimum Gasteiger partial charge on any atom is -0.497 e. The van der Waals surface area contributed by atoms with Crippen molar-refractivity contribution in [2.24, 2.45) is 0 Å². The van der Waals surface area contributed by atoms with Gasteiger partial charge in [0.25, 0.3) is 0 Å². The molecule has 0 fully saturated rings. The van der Waals surface area contributed by atoms with E-state index in [0.29, 0.717) is 24.1 Å². The van der Waals surface area contributed by atoms with Crippen molar-refractivity contribution in [3.8, 4) is 11.5 Å². The highest BCUT2D eigenvalue weighted by atomic mass is 16.5. The Morgan fingerprint density at radius 3 is 2.44 bits per heavy atom. The third-order valence-corrected chi connectivity index (χ3v) is 2.84. The Kier molecular flexibility index (Phi) is 4.99. The Balaban J connectivity index is 3.03. The molecule has 102 valence electrons. The van der Waals surface area contributed by atoms with E-state index < -0.39 is 5.60 Å². The van der Waals surface area contributed by atoms with Gasteiger partial charge in [-0.05, 0) is 25.1 Å². The molecule has 0 aromatic heterocycles. The Labute approximate surface area is 109 Å². The van der Waals surface area contributed by atoms with E-state index in [-0.39, 0.29) is 0 Å². The number of benzene rings is 1. The molecule has 0 bridgehead atoms. The second-order valence-electron chi connectivity index (χ2n) is 4.88. The van der Waals surface area contributed by atoms with Gasteiger partial charge in [-0.15, -0.1) is 0 Å². The maximum absolute atomic E-state index is 10.6. The van der Waals surface area contributed by atoms with Crippen molar-refractivity contribution in [1.29, 1.82) is 0 Å². The lowest BCUT2D eigenvalue weighted by molar-refractivity contribution is 0.0521. The van der Waals surface area contributed by atoms with Crippen LogP contribution in [0.25, 0.3) is 0 Å². The first-order chi connectivity index (χ1) is 8.40. The topological polar surface area (TPSA) is 50.7 Å². The molecule has 4 heteroatoms. The second-order valence-corrected chi connectivity index (χ2v) is 4.88. The summed E-state index contributed by atoms with van der Waals surface area (Å²) in [7, 11) is 3.20. The van der Waals surface area contributed by atoms with E-state index in [1.165, 1.54) is 0 Å². The number of aliphatic hydroxyl groups is 1. The molecule has 1 rings (SSSR count). The number of methoxy groups -OCH3 is 2. The summed E-state index contributed by atoms with van der Waals surface area (Å²) in [4.78, 5) is 0. The van der Waals surface area contributed by atoms with Gasteiger partial charge in [-0.3, -0.25) is 0 Å². The average molecular weight is 253 g/mol. The molecule has 0 aliphatic rings. The summed E-state index contributed by atoms with van der Waals surface area (Å²) < 4.78 is 10.5. The highest BCUT2D eigenvalue weighted by Crippen LogP contribution is 2.32. The predicted octanol–water partition coefficient (Wildman–Crippen LogP) is 1.91. The third kappa shape index (κ3) is 3.62. The van der Waals surface area contributed by atoms with E-state index in [2.05, 4.69) is 5.32 Å². The van der Waals surface area contributed by atoms with Crippen LogP contribution in [0.2, 0.25) is 0 Å². The first-order valence-electron chi connectivity index (χ1n) is 6.09. The van der Waals surface area contributed by atoms with Crippen molar-refractivity contribution >= 4 is 0 Å². The molecule has 0 saturated carbocycles. The van der Waals surface area contributed by atoms with Crippen LogP contribution < -0.4 is 14.8 Å². The minimum absolute atomic E-state index is 0.313. The van der Waals surface area contributed by atoms with Gasteiger partial charge in [0.05, 0.1) is 14.2 Å². The Hall–Kier alpha value is -1.26. The summed E-state index contributed by atoms with van der Waals surface area (Å²) in [6, 6.07) is 5.74. The van der Waals surface area contributed by atoms with Crippen LogP contribution in [0.15, 0.2) is 18.2 Å². The Bertz CT molecular complexity index is 389.